The van der Waals surface area contributed by atoms with Crippen LogP contribution in [0.2, 0.25) is 0 Å². The number of H-pyrrole nitrogens is 1. The lowest BCUT2D eigenvalue weighted by Gasteiger charge is -2.05. The van der Waals surface area contributed by atoms with Gasteiger partial charge in [-0.05, 0) is 35.8 Å². The predicted octanol–water partition coefficient (Wildman–Crippen LogP) is 2.55. The highest BCUT2D eigenvalue weighted by molar-refractivity contribution is 9.10. The summed E-state index contributed by atoms with van der Waals surface area (Å²) in [5.41, 5.74) is 1.52. The molecule has 0 aliphatic heterocycles. The van der Waals surface area contributed by atoms with E-state index in [0.29, 0.717) is 11.5 Å². The summed E-state index contributed by atoms with van der Waals surface area (Å²) in [6, 6.07) is 3.57. The molecule has 90 valence electrons. The zero-order valence-corrected chi connectivity index (χ0v) is 11.2. The highest BCUT2D eigenvalue weighted by Gasteiger charge is 2.13. The number of halogens is 1. The Labute approximate surface area is 107 Å². The van der Waals surface area contributed by atoms with Crippen molar-refractivity contribution < 1.29 is 4.79 Å². The summed E-state index contributed by atoms with van der Waals surface area (Å²) in [5.74, 6) is 0.372. The van der Waals surface area contributed by atoms with Crippen molar-refractivity contribution in [1.29, 1.82) is 0 Å². The molecule has 0 spiro atoms. The minimum absolute atomic E-state index is 0.163. The monoisotopic (exact) mass is 296 g/mol. The van der Waals surface area contributed by atoms with E-state index in [0.717, 1.165) is 16.7 Å². The maximum Gasteiger partial charge on any atom is 0.273 e. The first-order chi connectivity index (χ1) is 8.10. The molecule has 0 fully saturated rings. The lowest BCUT2D eigenvalue weighted by atomic mass is 10.4. The SMILES string of the molecule is CCn1cc(Br)cc1C(=O)Nc1cc(C)[nH]n1. The number of nitrogens with zero attached hydrogens (tertiary/aromatic N) is 2. The lowest BCUT2D eigenvalue weighted by molar-refractivity contribution is 0.101. The van der Waals surface area contributed by atoms with Gasteiger partial charge < -0.3 is 9.88 Å². The third-order valence-electron chi connectivity index (χ3n) is 2.38. The van der Waals surface area contributed by atoms with E-state index in [1.807, 2.05) is 24.6 Å². The van der Waals surface area contributed by atoms with E-state index in [2.05, 4.69) is 31.4 Å². The molecule has 0 aromatic carbocycles. The third-order valence-corrected chi connectivity index (χ3v) is 2.82. The zero-order chi connectivity index (χ0) is 12.4. The van der Waals surface area contributed by atoms with Gasteiger partial charge in [-0.2, -0.15) is 5.10 Å². The summed E-state index contributed by atoms with van der Waals surface area (Å²) in [7, 11) is 0. The zero-order valence-electron chi connectivity index (χ0n) is 9.62. The maximum absolute atomic E-state index is 12.0. The Morgan fingerprint density at radius 1 is 1.59 bits per heavy atom. The van der Waals surface area contributed by atoms with E-state index in [-0.39, 0.29) is 5.91 Å². The standard InChI is InChI=1S/C11H13BrN4O/c1-3-16-6-8(12)5-9(16)11(17)13-10-4-7(2)14-15-10/h4-6H,3H2,1-2H3,(H2,13,14,15,17). The highest BCUT2D eigenvalue weighted by Crippen LogP contribution is 2.16. The van der Waals surface area contributed by atoms with Crippen molar-refractivity contribution in [3.63, 3.8) is 0 Å². The van der Waals surface area contributed by atoms with Crippen LogP contribution < -0.4 is 5.32 Å². The molecule has 2 aromatic heterocycles. The number of aromatic amines is 1. The van der Waals surface area contributed by atoms with Gasteiger partial charge in [-0.1, -0.05) is 0 Å². The molecule has 0 saturated heterocycles. The molecule has 2 N–H and O–H groups in total. The predicted molar refractivity (Wildman–Crippen MR) is 69.1 cm³/mol. The Kier molecular flexibility index (Phi) is 3.33. The van der Waals surface area contributed by atoms with Crippen LogP contribution in [-0.4, -0.2) is 20.7 Å². The molecule has 1 amide bonds. The number of rotatable bonds is 3. The highest BCUT2D eigenvalue weighted by atomic mass is 79.9. The molecule has 0 atom stereocenters. The van der Waals surface area contributed by atoms with Gasteiger partial charge in [-0.25, -0.2) is 0 Å². The van der Waals surface area contributed by atoms with Crippen LogP contribution in [0.25, 0.3) is 0 Å². The summed E-state index contributed by atoms with van der Waals surface area (Å²) < 4.78 is 2.77. The van der Waals surface area contributed by atoms with Crippen LogP contribution in [0, 0.1) is 6.92 Å². The maximum atomic E-state index is 12.0. The van der Waals surface area contributed by atoms with Crippen molar-refractivity contribution in [2.75, 3.05) is 5.32 Å². The van der Waals surface area contributed by atoms with Crippen LogP contribution >= 0.6 is 15.9 Å². The van der Waals surface area contributed by atoms with Gasteiger partial charge in [0, 0.05) is 29.0 Å². The van der Waals surface area contributed by atoms with Gasteiger partial charge in [0.25, 0.3) is 5.91 Å². The molecule has 0 radical (unpaired) electrons. The quantitative estimate of drug-likeness (QED) is 0.914. The van der Waals surface area contributed by atoms with Crippen molar-refractivity contribution in [2.24, 2.45) is 0 Å². The van der Waals surface area contributed by atoms with Crippen LogP contribution in [-0.2, 0) is 6.54 Å². The number of anilines is 1. The molecule has 17 heavy (non-hydrogen) atoms. The normalized spacial score (nSPS) is 10.5. The average Bonchev–Trinajstić information content (AvgIpc) is 2.84. The van der Waals surface area contributed by atoms with Crippen molar-refractivity contribution in [3.05, 3.63) is 34.2 Å². The molecule has 5 nitrogen and oxygen atoms in total. The van der Waals surface area contributed by atoms with Gasteiger partial charge in [0.1, 0.15) is 5.69 Å². The molecule has 2 rings (SSSR count). The molecule has 0 aliphatic rings. The second kappa shape index (κ2) is 4.75. The number of carbonyl (C=O) groups excluding carboxylic acids is 1. The van der Waals surface area contributed by atoms with Crippen LogP contribution in [0.1, 0.15) is 23.1 Å². The first-order valence-electron chi connectivity index (χ1n) is 5.29. The van der Waals surface area contributed by atoms with Crippen LogP contribution in [0.15, 0.2) is 22.8 Å². The number of hydrogen-bond donors (Lipinski definition) is 2. The molecule has 2 heterocycles. The first-order valence-corrected chi connectivity index (χ1v) is 6.08. The van der Waals surface area contributed by atoms with Crippen LogP contribution in [0.5, 0.6) is 0 Å². The Morgan fingerprint density at radius 2 is 2.35 bits per heavy atom. The molecular weight excluding hydrogens is 284 g/mol. The van der Waals surface area contributed by atoms with Gasteiger partial charge in [-0.15, -0.1) is 0 Å². The fraction of sp³-hybridized carbons (Fsp3) is 0.273. The topological polar surface area (TPSA) is 62.7 Å². The van der Waals surface area contributed by atoms with E-state index in [1.165, 1.54) is 0 Å². The Balaban J connectivity index is 2.19. The molecule has 0 unspecified atom stereocenters. The van der Waals surface area contributed by atoms with Gasteiger partial charge >= 0.3 is 0 Å². The first kappa shape index (κ1) is 11.9. The second-order valence-corrected chi connectivity index (χ2v) is 4.64. The van der Waals surface area contributed by atoms with Gasteiger partial charge in [-0.3, -0.25) is 9.89 Å². The molecule has 0 bridgehead atoms. The minimum Gasteiger partial charge on any atom is -0.343 e. The summed E-state index contributed by atoms with van der Waals surface area (Å²) in [4.78, 5) is 12.0. The fourth-order valence-corrected chi connectivity index (χ4v) is 2.05. The molecule has 0 aliphatic carbocycles. The summed E-state index contributed by atoms with van der Waals surface area (Å²) in [6.07, 6.45) is 1.88. The molecule has 0 saturated carbocycles. The van der Waals surface area contributed by atoms with Gasteiger partial charge in [0.2, 0.25) is 0 Å². The Morgan fingerprint density at radius 3 is 2.94 bits per heavy atom. The number of aryl methyl sites for hydroxylation is 2. The van der Waals surface area contributed by atoms with Crippen molar-refractivity contribution in [2.45, 2.75) is 20.4 Å². The minimum atomic E-state index is -0.163. The van der Waals surface area contributed by atoms with Crippen molar-refractivity contribution >= 4 is 27.7 Å². The third kappa shape index (κ3) is 2.58. The van der Waals surface area contributed by atoms with E-state index in [1.54, 1.807) is 12.1 Å². The van der Waals surface area contributed by atoms with E-state index in [4.69, 9.17) is 0 Å². The number of hydrogen-bond acceptors (Lipinski definition) is 2. The number of nitrogens with one attached hydrogen (secondary N) is 2. The summed E-state index contributed by atoms with van der Waals surface area (Å²) >= 11 is 3.36. The van der Waals surface area contributed by atoms with Crippen LogP contribution in [0.4, 0.5) is 5.82 Å². The van der Waals surface area contributed by atoms with Crippen molar-refractivity contribution in [3.8, 4) is 0 Å². The van der Waals surface area contributed by atoms with Gasteiger partial charge in [0.05, 0.1) is 0 Å². The number of aromatic nitrogens is 3. The summed E-state index contributed by atoms with van der Waals surface area (Å²) in [6.45, 7) is 4.61. The Hall–Kier alpha value is -1.56. The molecule has 6 heteroatoms. The smallest absolute Gasteiger partial charge is 0.273 e. The fourth-order valence-electron chi connectivity index (χ4n) is 1.59. The molecular formula is C11H13BrN4O. The number of carbonyl (C=O) groups is 1. The summed E-state index contributed by atoms with van der Waals surface area (Å²) in [5, 5.41) is 9.49. The van der Waals surface area contributed by atoms with E-state index < -0.39 is 0 Å². The van der Waals surface area contributed by atoms with E-state index >= 15 is 0 Å². The Bertz CT molecular complexity index is 543. The van der Waals surface area contributed by atoms with Crippen LogP contribution in [0.3, 0.4) is 0 Å². The molecule has 2 aromatic rings. The largest absolute Gasteiger partial charge is 0.343 e. The average molecular weight is 297 g/mol. The van der Waals surface area contributed by atoms with Gasteiger partial charge in [0.15, 0.2) is 5.82 Å². The second-order valence-electron chi connectivity index (χ2n) is 3.72. The van der Waals surface area contributed by atoms with E-state index in [9.17, 15) is 4.79 Å². The number of amides is 1. The lowest BCUT2D eigenvalue weighted by Crippen LogP contribution is -2.16. The van der Waals surface area contributed by atoms with Crippen molar-refractivity contribution in [1.82, 2.24) is 14.8 Å².